The van der Waals surface area contributed by atoms with Crippen LogP contribution in [0.25, 0.3) is 10.9 Å². The third kappa shape index (κ3) is 2.53. The number of carbonyl (C=O) groups excluding carboxylic acids is 1. The Bertz CT molecular complexity index is 779. The molecule has 0 saturated carbocycles. The summed E-state index contributed by atoms with van der Waals surface area (Å²) in [6.45, 7) is 9.55. The van der Waals surface area contributed by atoms with Gasteiger partial charge >= 0.3 is 0 Å². The Hall–Kier alpha value is -2.80. The second-order valence-corrected chi connectivity index (χ2v) is 5.16. The highest BCUT2D eigenvalue weighted by atomic mass is 16.2. The summed E-state index contributed by atoms with van der Waals surface area (Å²) in [6, 6.07) is 9.92. The standard InChI is InChI=1S/C18H19N3O/c1-5-13(3)21(18(22)6-2)12-15-14-9-7-8-10-16(14)20(4)17(15)11-19/h5-10,13H,1-2,12H2,3-4H3. The van der Waals surface area contributed by atoms with Crippen LogP contribution in [0.2, 0.25) is 0 Å². The van der Waals surface area contributed by atoms with Crippen LogP contribution in [0.4, 0.5) is 0 Å². The number of hydrogen-bond donors (Lipinski definition) is 0. The highest BCUT2D eigenvalue weighted by molar-refractivity contribution is 5.89. The second kappa shape index (κ2) is 6.31. The van der Waals surface area contributed by atoms with E-state index in [2.05, 4.69) is 19.2 Å². The fraction of sp³-hybridized carbons (Fsp3) is 0.222. The third-order valence-electron chi connectivity index (χ3n) is 3.94. The van der Waals surface area contributed by atoms with E-state index in [1.165, 1.54) is 6.08 Å². The molecule has 0 bridgehead atoms. The highest BCUT2D eigenvalue weighted by Gasteiger charge is 2.21. The molecule has 0 N–H and O–H groups in total. The number of amides is 1. The molecule has 2 aromatic rings. The van der Waals surface area contributed by atoms with Crippen molar-refractivity contribution in [2.24, 2.45) is 7.05 Å². The zero-order valence-electron chi connectivity index (χ0n) is 12.9. The van der Waals surface area contributed by atoms with Crippen molar-refractivity contribution in [1.29, 1.82) is 5.26 Å². The average Bonchev–Trinajstić information content (AvgIpc) is 2.83. The molecule has 2 rings (SSSR count). The van der Waals surface area contributed by atoms with E-state index >= 15 is 0 Å². The van der Waals surface area contributed by atoms with E-state index in [1.54, 1.807) is 11.0 Å². The molecule has 0 radical (unpaired) electrons. The third-order valence-corrected chi connectivity index (χ3v) is 3.94. The summed E-state index contributed by atoms with van der Waals surface area (Å²) in [7, 11) is 1.86. The molecule has 112 valence electrons. The summed E-state index contributed by atoms with van der Waals surface area (Å²) >= 11 is 0. The van der Waals surface area contributed by atoms with Crippen LogP contribution in [0.15, 0.2) is 49.6 Å². The van der Waals surface area contributed by atoms with E-state index in [9.17, 15) is 10.1 Å². The molecule has 1 aromatic carbocycles. The maximum absolute atomic E-state index is 12.1. The normalized spacial score (nSPS) is 11.7. The van der Waals surface area contributed by atoms with Gasteiger partial charge in [-0.15, -0.1) is 6.58 Å². The van der Waals surface area contributed by atoms with Gasteiger partial charge in [0.25, 0.3) is 0 Å². The van der Waals surface area contributed by atoms with Crippen molar-refractivity contribution in [3.05, 3.63) is 60.8 Å². The topological polar surface area (TPSA) is 49.0 Å². The quantitative estimate of drug-likeness (QED) is 0.628. The van der Waals surface area contributed by atoms with Crippen LogP contribution in [0.3, 0.4) is 0 Å². The minimum Gasteiger partial charge on any atom is -0.335 e. The number of para-hydroxylation sites is 1. The van der Waals surface area contributed by atoms with Crippen molar-refractivity contribution < 1.29 is 4.79 Å². The van der Waals surface area contributed by atoms with Crippen LogP contribution < -0.4 is 0 Å². The van der Waals surface area contributed by atoms with Crippen LogP contribution in [0.5, 0.6) is 0 Å². The summed E-state index contributed by atoms with van der Waals surface area (Å²) in [5.41, 5.74) is 2.40. The number of aryl methyl sites for hydroxylation is 1. The van der Waals surface area contributed by atoms with Gasteiger partial charge in [0.15, 0.2) is 0 Å². The van der Waals surface area contributed by atoms with Gasteiger partial charge in [0.05, 0.1) is 6.54 Å². The van der Waals surface area contributed by atoms with Crippen molar-refractivity contribution >= 4 is 16.8 Å². The SMILES string of the molecule is C=CC(=O)N(Cc1c(C#N)n(C)c2ccccc12)C(C)C=C. The Kier molecular flexibility index (Phi) is 4.47. The van der Waals surface area contributed by atoms with Crippen LogP contribution in [0.1, 0.15) is 18.2 Å². The zero-order valence-corrected chi connectivity index (χ0v) is 12.9. The minimum absolute atomic E-state index is 0.143. The molecular weight excluding hydrogens is 274 g/mol. The molecule has 1 atom stereocenters. The first-order valence-electron chi connectivity index (χ1n) is 7.07. The van der Waals surface area contributed by atoms with Crippen LogP contribution in [0, 0.1) is 11.3 Å². The summed E-state index contributed by atoms with van der Waals surface area (Å²) in [6.07, 6.45) is 3.00. The lowest BCUT2D eigenvalue weighted by Gasteiger charge is -2.26. The van der Waals surface area contributed by atoms with Gasteiger partial charge in [-0.05, 0) is 19.1 Å². The first kappa shape index (κ1) is 15.6. The maximum Gasteiger partial charge on any atom is 0.246 e. The lowest BCUT2D eigenvalue weighted by Crippen LogP contribution is -2.35. The van der Waals surface area contributed by atoms with Gasteiger partial charge in [0.2, 0.25) is 5.91 Å². The number of benzene rings is 1. The van der Waals surface area contributed by atoms with E-state index in [-0.39, 0.29) is 11.9 Å². The average molecular weight is 293 g/mol. The van der Waals surface area contributed by atoms with Gasteiger partial charge in [-0.1, -0.05) is 30.9 Å². The maximum atomic E-state index is 12.1. The molecule has 1 aromatic heterocycles. The van der Waals surface area contributed by atoms with E-state index in [0.29, 0.717) is 12.2 Å². The van der Waals surface area contributed by atoms with Crippen molar-refractivity contribution in [2.45, 2.75) is 19.5 Å². The highest BCUT2D eigenvalue weighted by Crippen LogP contribution is 2.27. The number of nitrogens with zero attached hydrogens (tertiary/aromatic N) is 3. The van der Waals surface area contributed by atoms with Gasteiger partial charge in [0.1, 0.15) is 11.8 Å². The molecule has 4 heteroatoms. The molecule has 1 unspecified atom stereocenters. The number of hydrogen-bond acceptors (Lipinski definition) is 2. The molecule has 1 amide bonds. The largest absolute Gasteiger partial charge is 0.335 e. The zero-order chi connectivity index (χ0) is 16.3. The van der Waals surface area contributed by atoms with Gasteiger partial charge in [0, 0.05) is 29.6 Å². The predicted octanol–water partition coefficient (Wildman–Crippen LogP) is 3.14. The van der Waals surface area contributed by atoms with Gasteiger partial charge in [-0.25, -0.2) is 0 Å². The number of nitriles is 1. The monoisotopic (exact) mass is 293 g/mol. The van der Waals surface area contributed by atoms with E-state index in [0.717, 1.165) is 16.5 Å². The number of carbonyl (C=O) groups is 1. The summed E-state index contributed by atoms with van der Waals surface area (Å²) in [5.74, 6) is -0.177. The molecule has 0 spiro atoms. The second-order valence-electron chi connectivity index (χ2n) is 5.16. The first-order valence-corrected chi connectivity index (χ1v) is 7.07. The molecular formula is C18H19N3O. The van der Waals surface area contributed by atoms with Crippen molar-refractivity contribution in [3.8, 4) is 6.07 Å². The van der Waals surface area contributed by atoms with Crippen molar-refractivity contribution in [2.75, 3.05) is 0 Å². The molecule has 1 heterocycles. The molecule has 0 fully saturated rings. The van der Waals surface area contributed by atoms with E-state index in [1.807, 2.05) is 42.8 Å². The van der Waals surface area contributed by atoms with E-state index in [4.69, 9.17) is 0 Å². The number of fused-ring (bicyclic) bond motifs is 1. The molecule has 4 nitrogen and oxygen atoms in total. The van der Waals surface area contributed by atoms with Gasteiger partial charge < -0.3 is 9.47 Å². The predicted molar refractivity (Wildman–Crippen MR) is 88.0 cm³/mol. The Morgan fingerprint density at radius 1 is 1.45 bits per heavy atom. The Morgan fingerprint density at radius 3 is 2.73 bits per heavy atom. The smallest absolute Gasteiger partial charge is 0.246 e. The van der Waals surface area contributed by atoms with E-state index < -0.39 is 0 Å². The fourth-order valence-electron chi connectivity index (χ4n) is 2.61. The molecule has 0 saturated heterocycles. The fourth-order valence-corrected chi connectivity index (χ4v) is 2.61. The van der Waals surface area contributed by atoms with Crippen molar-refractivity contribution in [1.82, 2.24) is 9.47 Å². The molecule has 0 aliphatic heterocycles. The van der Waals surface area contributed by atoms with Crippen LogP contribution >= 0.6 is 0 Å². The lowest BCUT2D eigenvalue weighted by molar-refractivity contribution is -0.127. The number of aromatic nitrogens is 1. The minimum atomic E-state index is -0.177. The Morgan fingerprint density at radius 2 is 2.14 bits per heavy atom. The summed E-state index contributed by atoms with van der Waals surface area (Å²) in [4.78, 5) is 13.8. The van der Waals surface area contributed by atoms with Crippen LogP contribution in [-0.4, -0.2) is 21.4 Å². The lowest BCUT2D eigenvalue weighted by atomic mass is 10.1. The summed E-state index contributed by atoms with van der Waals surface area (Å²) < 4.78 is 1.86. The number of rotatable bonds is 5. The molecule has 0 aliphatic rings. The Balaban J connectivity index is 2.59. The van der Waals surface area contributed by atoms with Gasteiger partial charge in [-0.2, -0.15) is 5.26 Å². The van der Waals surface area contributed by atoms with Gasteiger partial charge in [-0.3, -0.25) is 4.79 Å². The van der Waals surface area contributed by atoms with Crippen LogP contribution in [-0.2, 0) is 18.4 Å². The summed E-state index contributed by atoms with van der Waals surface area (Å²) in [5, 5.41) is 10.5. The van der Waals surface area contributed by atoms with Crippen molar-refractivity contribution in [3.63, 3.8) is 0 Å². The first-order chi connectivity index (χ1) is 10.5. The Labute approximate surface area is 130 Å². The molecule has 22 heavy (non-hydrogen) atoms. The molecule has 0 aliphatic carbocycles.